The van der Waals surface area contributed by atoms with E-state index in [2.05, 4.69) is 5.32 Å². The summed E-state index contributed by atoms with van der Waals surface area (Å²) in [4.78, 5) is 23.2. The Kier molecular flexibility index (Phi) is 3.46. The van der Waals surface area contributed by atoms with Gasteiger partial charge in [-0.2, -0.15) is 0 Å². The molecule has 0 unspecified atom stereocenters. The van der Waals surface area contributed by atoms with E-state index in [1.54, 1.807) is 20.8 Å². The van der Waals surface area contributed by atoms with Crippen LogP contribution in [0.3, 0.4) is 0 Å². The van der Waals surface area contributed by atoms with Gasteiger partial charge < -0.3 is 20.0 Å². The summed E-state index contributed by atoms with van der Waals surface area (Å²) in [6.45, 7) is 5.17. The van der Waals surface area contributed by atoms with Crippen LogP contribution in [0.1, 0.15) is 38.7 Å². The topological polar surface area (TPSA) is 78.5 Å². The summed E-state index contributed by atoms with van der Waals surface area (Å²) in [5.41, 5.74) is -1.16. The van der Waals surface area contributed by atoms with Gasteiger partial charge in [-0.15, -0.1) is 0 Å². The Morgan fingerprint density at radius 3 is 2.40 bits per heavy atom. The maximum Gasteiger partial charge on any atom is 0.408 e. The second-order valence-corrected chi connectivity index (χ2v) is 6.05. The third-order valence-electron chi connectivity index (χ3n) is 3.25. The fourth-order valence-electron chi connectivity index (χ4n) is 2.25. The van der Waals surface area contributed by atoms with Crippen molar-refractivity contribution < 1.29 is 19.4 Å². The van der Waals surface area contributed by atoms with Crippen LogP contribution in [0.4, 0.5) is 4.79 Å². The Labute approximate surface area is 117 Å². The zero-order valence-electron chi connectivity index (χ0n) is 11.8. The number of alkyl carbamates (subject to hydrolysis) is 1. The first kappa shape index (κ1) is 14.4. The van der Waals surface area contributed by atoms with E-state index in [9.17, 15) is 14.7 Å². The van der Waals surface area contributed by atoms with Crippen LogP contribution in [-0.4, -0.2) is 23.2 Å². The maximum absolute atomic E-state index is 11.8. The van der Waals surface area contributed by atoms with Gasteiger partial charge in [0, 0.05) is 5.92 Å². The second kappa shape index (κ2) is 4.81. The molecule has 0 radical (unpaired) electrons. The van der Waals surface area contributed by atoms with Crippen molar-refractivity contribution in [3.8, 4) is 0 Å². The minimum Gasteiger partial charge on any atom is -0.548 e. The van der Waals surface area contributed by atoms with Crippen molar-refractivity contribution in [1.82, 2.24) is 5.32 Å². The Morgan fingerprint density at radius 2 is 1.90 bits per heavy atom. The van der Waals surface area contributed by atoms with Crippen molar-refractivity contribution in [3.63, 3.8) is 0 Å². The standard InChI is InChI=1S/C15H19NO4/c1-14(2,3)20-13(19)16-15(12(17)18)9-11(15)10-7-5-4-6-8-10/h4-8,11H,9H2,1-3H3,(H,16,19)(H,17,18)/p-1/t11-,15+/m1/s1. The van der Waals surface area contributed by atoms with Gasteiger partial charge in [0.1, 0.15) is 5.60 Å². The molecule has 1 saturated carbocycles. The van der Waals surface area contributed by atoms with Crippen LogP contribution >= 0.6 is 0 Å². The molecule has 1 aromatic rings. The number of carboxylic acid groups (broad SMARTS) is 1. The minimum absolute atomic E-state index is 0.277. The van der Waals surface area contributed by atoms with Crippen LogP contribution in [0, 0.1) is 0 Å². The van der Waals surface area contributed by atoms with Gasteiger partial charge in [-0.25, -0.2) is 4.79 Å². The molecular weight excluding hydrogens is 258 g/mol. The number of aliphatic carboxylic acids is 1. The number of carbonyl (C=O) groups excluding carboxylic acids is 2. The molecule has 1 aliphatic rings. The summed E-state index contributed by atoms with van der Waals surface area (Å²) in [5, 5.41) is 13.8. The minimum atomic E-state index is -1.36. The van der Waals surface area contributed by atoms with Gasteiger partial charge >= 0.3 is 6.09 Å². The van der Waals surface area contributed by atoms with Crippen molar-refractivity contribution in [2.45, 2.75) is 44.2 Å². The lowest BCUT2D eigenvalue weighted by atomic mass is 10.1. The SMILES string of the molecule is CC(C)(C)OC(=O)N[C@@]1(C(=O)[O-])C[C@@H]1c1ccccc1. The first-order chi connectivity index (χ1) is 9.24. The molecule has 5 heteroatoms. The van der Waals surface area contributed by atoms with Gasteiger partial charge in [0.05, 0.1) is 11.5 Å². The Balaban J connectivity index is 2.11. The predicted molar refractivity (Wildman–Crippen MR) is 70.9 cm³/mol. The molecule has 1 amide bonds. The number of nitrogens with one attached hydrogen (secondary N) is 1. The molecule has 108 valence electrons. The molecular formula is C15H18NO4-. The van der Waals surface area contributed by atoms with Gasteiger partial charge in [-0.05, 0) is 32.8 Å². The molecule has 5 nitrogen and oxygen atoms in total. The summed E-state index contributed by atoms with van der Waals surface area (Å²) < 4.78 is 5.11. The van der Waals surface area contributed by atoms with E-state index in [1.165, 1.54) is 0 Å². The molecule has 0 aromatic heterocycles. The summed E-state index contributed by atoms with van der Waals surface area (Å²) in [6, 6.07) is 9.20. The Morgan fingerprint density at radius 1 is 1.30 bits per heavy atom. The molecule has 2 rings (SSSR count). The van der Waals surface area contributed by atoms with Crippen LogP contribution in [0.2, 0.25) is 0 Å². The van der Waals surface area contributed by atoms with Crippen molar-refractivity contribution >= 4 is 12.1 Å². The number of benzene rings is 1. The van der Waals surface area contributed by atoms with Gasteiger partial charge in [-0.1, -0.05) is 30.3 Å². The number of hydrogen-bond donors (Lipinski definition) is 1. The maximum atomic E-state index is 11.8. The highest BCUT2D eigenvalue weighted by Crippen LogP contribution is 2.51. The first-order valence-electron chi connectivity index (χ1n) is 6.52. The van der Waals surface area contributed by atoms with E-state index >= 15 is 0 Å². The molecule has 0 aliphatic heterocycles. The number of rotatable bonds is 3. The normalized spacial score (nSPS) is 24.9. The monoisotopic (exact) mass is 276 g/mol. The second-order valence-electron chi connectivity index (χ2n) is 6.05. The third kappa shape index (κ3) is 2.92. The van der Waals surface area contributed by atoms with Crippen molar-refractivity contribution in [2.24, 2.45) is 0 Å². The first-order valence-corrected chi connectivity index (χ1v) is 6.52. The number of carbonyl (C=O) groups is 2. The van der Waals surface area contributed by atoms with E-state index in [0.717, 1.165) is 5.56 Å². The molecule has 0 heterocycles. The number of carboxylic acids is 1. The number of amides is 1. The lowest BCUT2D eigenvalue weighted by Crippen LogP contribution is -2.52. The van der Waals surface area contributed by atoms with Crippen molar-refractivity contribution in [3.05, 3.63) is 35.9 Å². The van der Waals surface area contributed by atoms with Crippen LogP contribution in [0.5, 0.6) is 0 Å². The highest BCUT2D eigenvalue weighted by molar-refractivity contribution is 5.88. The quantitative estimate of drug-likeness (QED) is 0.899. The van der Waals surface area contributed by atoms with E-state index in [0.29, 0.717) is 6.42 Å². The number of hydrogen-bond acceptors (Lipinski definition) is 4. The molecule has 0 bridgehead atoms. The van der Waals surface area contributed by atoms with E-state index in [1.807, 2.05) is 30.3 Å². The molecule has 2 atom stereocenters. The highest BCUT2D eigenvalue weighted by atomic mass is 16.6. The number of ether oxygens (including phenoxy) is 1. The molecule has 0 saturated heterocycles. The fourth-order valence-corrected chi connectivity index (χ4v) is 2.25. The Bertz CT molecular complexity index is 520. The largest absolute Gasteiger partial charge is 0.548 e. The molecule has 20 heavy (non-hydrogen) atoms. The van der Waals surface area contributed by atoms with Crippen LogP contribution < -0.4 is 10.4 Å². The molecule has 1 N–H and O–H groups in total. The van der Waals surface area contributed by atoms with E-state index < -0.39 is 23.2 Å². The smallest absolute Gasteiger partial charge is 0.408 e. The molecule has 1 aliphatic carbocycles. The van der Waals surface area contributed by atoms with Crippen LogP contribution in [0.25, 0.3) is 0 Å². The van der Waals surface area contributed by atoms with Gasteiger partial charge in [0.2, 0.25) is 0 Å². The van der Waals surface area contributed by atoms with Crippen LogP contribution in [0.15, 0.2) is 30.3 Å². The van der Waals surface area contributed by atoms with Gasteiger partial charge in [-0.3, -0.25) is 0 Å². The summed E-state index contributed by atoms with van der Waals surface area (Å²) in [5.74, 6) is -1.56. The lowest BCUT2D eigenvalue weighted by molar-refractivity contribution is -0.310. The predicted octanol–water partition coefficient (Wildman–Crippen LogP) is 1.19. The third-order valence-corrected chi connectivity index (χ3v) is 3.25. The summed E-state index contributed by atoms with van der Waals surface area (Å²) >= 11 is 0. The fraction of sp³-hybridized carbons (Fsp3) is 0.467. The van der Waals surface area contributed by atoms with Crippen molar-refractivity contribution in [1.29, 1.82) is 0 Å². The van der Waals surface area contributed by atoms with E-state index in [-0.39, 0.29) is 5.92 Å². The molecule has 1 fully saturated rings. The van der Waals surface area contributed by atoms with Gasteiger partial charge in [0.15, 0.2) is 0 Å². The van der Waals surface area contributed by atoms with Crippen molar-refractivity contribution in [2.75, 3.05) is 0 Å². The van der Waals surface area contributed by atoms with Crippen LogP contribution in [-0.2, 0) is 9.53 Å². The summed E-state index contributed by atoms with van der Waals surface area (Å²) in [7, 11) is 0. The average molecular weight is 276 g/mol. The van der Waals surface area contributed by atoms with E-state index in [4.69, 9.17) is 4.74 Å². The molecule has 0 spiro atoms. The Hall–Kier alpha value is -2.04. The molecule has 1 aromatic carbocycles. The zero-order valence-corrected chi connectivity index (χ0v) is 11.8. The average Bonchev–Trinajstić information content (AvgIpc) is 3.03. The summed E-state index contributed by atoms with van der Waals surface area (Å²) in [6.07, 6.45) is -0.418. The lowest BCUT2D eigenvalue weighted by Gasteiger charge is -2.25. The highest BCUT2D eigenvalue weighted by Gasteiger charge is 2.58. The zero-order chi connectivity index (χ0) is 15.0. The van der Waals surface area contributed by atoms with Gasteiger partial charge in [0.25, 0.3) is 0 Å².